The van der Waals surface area contributed by atoms with E-state index in [2.05, 4.69) is 15.9 Å². The highest BCUT2D eigenvalue weighted by atomic mass is 79.9. The first-order valence-corrected chi connectivity index (χ1v) is 4.73. The molecule has 1 heterocycles. The summed E-state index contributed by atoms with van der Waals surface area (Å²) in [6.07, 6.45) is 0.477. The molecule has 13 heavy (non-hydrogen) atoms. The summed E-state index contributed by atoms with van der Waals surface area (Å²) in [6.45, 7) is 0. The van der Waals surface area contributed by atoms with Crippen molar-refractivity contribution in [2.24, 2.45) is 0 Å². The maximum Gasteiger partial charge on any atom is 0.231 e. The molecule has 0 aromatic heterocycles. The van der Waals surface area contributed by atoms with E-state index in [0.717, 1.165) is 15.7 Å². The van der Waals surface area contributed by atoms with Gasteiger partial charge in [-0.25, -0.2) is 0 Å². The second kappa shape index (κ2) is 2.73. The van der Waals surface area contributed by atoms with Crippen molar-refractivity contribution >= 4 is 33.2 Å². The van der Waals surface area contributed by atoms with Crippen molar-refractivity contribution < 1.29 is 4.79 Å². The number of benzene rings is 1. The van der Waals surface area contributed by atoms with Gasteiger partial charge in [-0.2, -0.15) is 0 Å². The van der Waals surface area contributed by atoms with Crippen molar-refractivity contribution in [1.82, 2.24) is 0 Å². The molecule has 1 amide bonds. The van der Waals surface area contributed by atoms with Crippen LogP contribution in [0.25, 0.3) is 0 Å². The van der Waals surface area contributed by atoms with Gasteiger partial charge in [0.1, 0.15) is 0 Å². The van der Waals surface area contributed by atoms with E-state index in [9.17, 15) is 4.79 Å². The molecule has 1 aromatic carbocycles. The van der Waals surface area contributed by atoms with Gasteiger partial charge in [0.2, 0.25) is 5.91 Å². The number of fused-ring (bicyclic) bond motifs is 1. The number of likely N-dealkylation sites (N-methyl/N-ethyl adjacent to an activating group) is 1. The fourth-order valence-electron chi connectivity index (χ4n) is 1.49. The number of nitrogens with two attached hydrogens (primary N) is 1. The fraction of sp³-hybridized carbons (Fsp3) is 0.222. The molecular weight excluding hydrogens is 232 g/mol. The summed E-state index contributed by atoms with van der Waals surface area (Å²) >= 11 is 3.33. The van der Waals surface area contributed by atoms with E-state index in [-0.39, 0.29) is 5.91 Å². The summed E-state index contributed by atoms with van der Waals surface area (Å²) in [6, 6.07) is 3.73. The SMILES string of the molecule is CN1C(=O)Cc2cc(Br)c(N)cc21. The molecule has 68 valence electrons. The Morgan fingerprint density at radius 1 is 1.54 bits per heavy atom. The quantitative estimate of drug-likeness (QED) is 0.700. The smallest absolute Gasteiger partial charge is 0.231 e. The topological polar surface area (TPSA) is 46.3 Å². The Bertz CT molecular complexity index is 389. The first kappa shape index (κ1) is 8.56. The van der Waals surface area contributed by atoms with Crippen LogP contribution >= 0.6 is 15.9 Å². The molecule has 0 fully saturated rings. The summed E-state index contributed by atoms with van der Waals surface area (Å²) in [7, 11) is 1.77. The van der Waals surface area contributed by atoms with E-state index < -0.39 is 0 Å². The van der Waals surface area contributed by atoms with E-state index >= 15 is 0 Å². The average molecular weight is 241 g/mol. The van der Waals surface area contributed by atoms with Crippen molar-refractivity contribution in [2.45, 2.75) is 6.42 Å². The lowest BCUT2D eigenvalue weighted by Crippen LogP contribution is -2.20. The van der Waals surface area contributed by atoms with Crippen molar-refractivity contribution in [3.8, 4) is 0 Å². The van der Waals surface area contributed by atoms with Gasteiger partial charge in [0, 0.05) is 22.9 Å². The van der Waals surface area contributed by atoms with E-state index in [0.29, 0.717) is 12.1 Å². The molecular formula is C9H9BrN2O. The molecule has 2 rings (SSSR count). The Morgan fingerprint density at radius 3 is 2.92 bits per heavy atom. The van der Waals surface area contributed by atoms with Crippen LogP contribution in [0.15, 0.2) is 16.6 Å². The Balaban J connectivity index is 2.59. The molecule has 0 unspecified atom stereocenters. The third-order valence-electron chi connectivity index (χ3n) is 2.28. The summed E-state index contributed by atoms with van der Waals surface area (Å²) in [5.74, 6) is 0.118. The maximum atomic E-state index is 11.3. The predicted octanol–water partition coefficient (Wildman–Crippen LogP) is 1.55. The lowest BCUT2D eigenvalue weighted by molar-refractivity contribution is -0.117. The third kappa shape index (κ3) is 1.21. The number of hydrogen-bond donors (Lipinski definition) is 1. The van der Waals surface area contributed by atoms with Gasteiger partial charge in [-0.1, -0.05) is 0 Å². The van der Waals surface area contributed by atoms with Crippen LogP contribution in [0.3, 0.4) is 0 Å². The van der Waals surface area contributed by atoms with Crippen LogP contribution in [0, 0.1) is 0 Å². The van der Waals surface area contributed by atoms with Gasteiger partial charge in [-0.05, 0) is 33.6 Å². The zero-order chi connectivity index (χ0) is 9.59. The number of rotatable bonds is 0. The highest BCUT2D eigenvalue weighted by Gasteiger charge is 2.24. The number of anilines is 2. The first-order valence-electron chi connectivity index (χ1n) is 3.94. The number of nitrogen functional groups attached to an aromatic ring is 1. The van der Waals surface area contributed by atoms with Gasteiger partial charge < -0.3 is 10.6 Å². The summed E-state index contributed by atoms with van der Waals surface area (Å²) in [5, 5.41) is 0. The molecule has 1 aromatic rings. The molecule has 0 saturated carbocycles. The molecule has 0 spiro atoms. The van der Waals surface area contributed by atoms with Crippen LogP contribution < -0.4 is 10.6 Å². The monoisotopic (exact) mass is 240 g/mol. The van der Waals surface area contributed by atoms with Gasteiger partial charge in [-0.15, -0.1) is 0 Å². The van der Waals surface area contributed by atoms with E-state index in [1.807, 2.05) is 12.1 Å². The van der Waals surface area contributed by atoms with Crippen molar-refractivity contribution in [3.63, 3.8) is 0 Å². The molecule has 4 heteroatoms. The Labute approximate surface area is 84.6 Å². The molecule has 0 saturated heterocycles. The van der Waals surface area contributed by atoms with Gasteiger partial charge in [0.15, 0.2) is 0 Å². The van der Waals surface area contributed by atoms with Gasteiger partial charge >= 0.3 is 0 Å². The lowest BCUT2D eigenvalue weighted by Gasteiger charge is -2.10. The summed E-state index contributed by atoms with van der Waals surface area (Å²) < 4.78 is 0.856. The molecule has 3 nitrogen and oxygen atoms in total. The first-order chi connectivity index (χ1) is 6.09. The zero-order valence-corrected chi connectivity index (χ0v) is 8.76. The molecule has 0 bridgehead atoms. The molecule has 1 aliphatic heterocycles. The van der Waals surface area contributed by atoms with E-state index in [1.165, 1.54) is 0 Å². The highest BCUT2D eigenvalue weighted by molar-refractivity contribution is 9.10. The molecule has 2 N–H and O–H groups in total. The number of hydrogen-bond acceptors (Lipinski definition) is 2. The molecule has 0 atom stereocenters. The Kier molecular flexibility index (Phi) is 1.80. The van der Waals surface area contributed by atoms with E-state index in [4.69, 9.17) is 5.73 Å². The van der Waals surface area contributed by atoms with Crippen LogP contribution in [0.2, 0.25) is 0 Å². The van der Waals surface area contributed by atoms with E-state index in [1.54, 1.807) is 11.9 Å². The number of carbonyl (C=O) groups is 1. The minimum Gasteiger partial charge on any atom is -0.398 e. The van der Waals surface area contributed by atoms with Gasteiger partial charge in [-0.3, -0.25) is 4.79 Å². The Hall–Kier alpha value is -1.03. The summed E-state index contributed by atoms with van der Waals surface area (Å²) in [4.78, 5) is 13.0. The maximum absolute atomic E-state index is 11.3. The van der Waals surface area contributed by atoms with Crippen molar-refractivity contribution in [2.75, 3.05) is 17.7 Å². The van der Waals surface area contributed by atoms with Crippen LogP contribution in [0.5, 0.6) is 0 Å². The van der Waals surface area contributed by atoms with Crippen molar-refractivity contribution in [1.29, 1.82) is 0 Å². The number of carbonyl (C=O) groups excluding carboxylic acids is 1. The van der Waals surface area contributed by atoms with Crippen LogP contribution in [-0.4, -0.2) is 13.0 Å². The van der Waals surface area contributed by atoms with Gasteiger partial charge in [0.25, 0.3) is 0 Å². The second-order valence-corrected chi connectivity index (χ2v) is 3.99. The standard InChI is InChI=1S/C9H9BrN2O/c1-12-8-4-7(11)6(10)2-5(8)3-9(12)13/h2,4H,3,11H2,1H3. The predicted molar refractivity (Wildman–Crippen MR) is 55.7 cm³/mol. The largest absolute Gasteiger partial charge is 0.398 e. The van der Waals surface area contributed by atoms with Gasteiger partial charge in [0.05, 0.1) is 6.42 Å². The normalized spacial score (nSPS) is 14.9. The molecule has 1 aliphatic rings. The number of nitrogens with zero attached hydrogens (tertiary/aromatic N) is 1. The minimum absolute atomic E-state index is 0.118. The van der Waals surface area contributed by atoms with Crippen LogP contribution in [0.4, 0.5) is 11.4 Å². The minimum atomic E-state index is 0.118. The molecule has 0 radical (unpaired) electrons. The van der Waals surface area contributed by atoms with Crippen molar-refractivity contribution in [3.05, 3.63) is 22.2 Å². The summed E-state index contributed by atoms with van der Waals surface area (Å²) in [5.41, 5.74) is 8.34. The third-order valence-corrected chi connectivity index (χ3v) is 2.96. The lowest BCUT2D eigenvalue weighted by atomic mass is 10.1. The zero-order valence-electron chi connectivity index (χ0n) is 7.17. The molecule has 0 aliphatic carbocycles. The van der Waals surface area contributed by atoms with Crippen LogP contribution in [-0.2, 0) is 11.2 Å². The Morgan fingerprint density at radius 2 is 2.23 bits per heavy atom. The average Bonchev–Trinajstić information content (AvgIpc) is 2.32. The fourth-order valence-corrected chi connectivity index (χ4v) is 1.88. The van der Waals surface area contributed by atoms with Crippen LogP contribution in [0.1, 0.15) is 5.56 Å². The number of halogens is 1. The highest BCUT2D eigenvalue weighted by Crippen LogP contribution is 2.33. The number of amides is 1. The second-order valence-electron chi connectivity index (χ2n) is 3.13.